The quantitative estimate of drug-likeness (QED) is 0.788. The van der Waals surface area contributed by atoms with E-state index in [1.54, 1.807) is 11.9 Å². The van der Waals surface area contributed by atoms with E-state index in [-0.39, 0.29) is 23.9 Å². The van der Waals surface area contributed by atoms with Crippen molar-refractivity contribution in [2.75, 3.05) is 13.6 Å². The van der Waals surface area contributed by atoms with Gasteiger partial charge in [-0.1, -0.05) is 26.2 Å². The highest BCUT2D eigenvalue weighted by Crippen LogP contribution is 2.29. The van der Waals surface area contributed by atoms with Crippen LogP contribution in [0.25, 0.3) is 0 Å². The second-order valence-corrected chi connectivity index (χ2v) is 5.92. The molecule has 1 aliphatic carbocycles. The molecule has 1 aliphatic rings. The molecule has 3 unspecified atom stereocenters. The molecule has 0 spiro atoms. The fraction of sp³-hybridized carbons (Fsp3) is 0.867. The number of urea groups is 1. The predicted molar refractivity (Wildman–Crippen MR) is 78.6 cm³/mol. The van der Waals surface area contributed by atoms with Gasteiger partial charge < -0.3 is 15.3 Å². The highest BCUT2D eigenvalue weighted by Gasteiger charge is 2.31. The van der Waals surface area contributed by atoms with Gasteiger partial charge in [0.05, 0.1) is 5.92 Å². The number of aliphatic carboxylic acids is 1. The lowest BCUT2D eigenvalue weighted by Gasteiger charge is -2.30. The molecule has 1 fully saturated rings. The number of hydrogen-bond donors (Lipinski definition) is 2. The minimum absolute atomic E-state index is 0.0695. The molecule has 20 heavy (non-hydrogen) atoms. The van der Waals surface area contributed by atoms with Gasteiger partial charge in [0.15, 0.2) is 0 Å². The Labute approximate surface area is 121 Å². The van der Waals surface area contributed by atoms with Gasteiger partial charge in [0, 0.05) is 19.6 Å². The third-order valence-electron chi connectivity index (χ3n) is 4.43. The van der Waals surface area contributed by atoms with Gasteiger partial charge in [0.2, 0.25) is 0 Å². The maximum atomic E-state index is 12.0. The van der Waals surface area contributed by atoms with Crippen LogP contribution in [0, 0.1) is 11.8 Å². The van der Waals surface area contributed by atoms with Gasteiger partial charge in [-0.3, -0.25) is 4.79 Å². The van der Waals surface area contributed by atoms with E-state index in [0.717, 1.165) is 38.5 Å². The van der Waals surface area contributed by atoms with Gasteiger partial charge in [-0.05, 0) is 32.1 Å². The first kappa shape index (κ1) is 16.8. The zero-order chi connectivity index (χ0) is 15.1. The molecule has 116 valence electrons. The lowest BCUT2D eigenvalue weighted by molar-refractivity contribution is -0.144. The smallest absolute Gasteiger partial charge is 0.317 e. The van der Waals surface area contributed by atoms with Crippen LogP contribution < -0.4 is 5.32 Å². The molecular weight excluding hydrogens is 256 g/mol. The zero-order valence-corrected chi connectivity index (χ0v) is 12.9. The van der Waals surface area contributed by atoms with Gasteiger partial charge >= 0.3 is 12.0 Å². The Kier molecular flexibility index (Phi) is 6.82. The monoisotopic (exact) mass is 284 g/mol. The summed E-state index contributed by atoms with van der Waals surface area (Å²) in [5, 5.41) is 12.1. The Morgan fingerprint density at radius 3 is 2.60 bits per heavy atom. The third kappa shape index (κ3) is 4.69. The van der Waals surface area contributed by atoms with Crippen LogP contribution in [0.3, 0.4) is 0 Å². The van der Waals surface area contributed by atoms with Crippen molar-refractivity contribution in [1.82, 2.24) is 10.2 Å². The van der Waals surface area contributed by atoms with E-state index in [1.165, 1.54) is 0 Å². The molecule has 5 heteroatoms. The van der Waals surface area contributed by atoms with Crippen LogP contribution >= 0.6 is 0 Å². The van der Waals surface area contributed by atoms with E-state index < -0.39 is 5.97 Å². The second-order valence-electron chi connectivity index (χ2n) is 5.92. The number of nitrogens with one attached hydrogen (secondary N) is 1. The van der Waals surface area contributed by atoms with Crippen LogP contribution in [0.5, 0.6) is 0 Å². The van der Waals surface area contributed by atoms with Crippen LogP contribution in [0.15, 0.2) is 0 Å². The number of nitrogens with zero attached hydrogens (tertiary/aromatic N) is 1. The van der Waals surface area contributed by atoms with E-state index in [0.29, 0.717) is 6.54 Å². The minimum atomic E-state index is -0.725. The Hall–Kier alpha value is -1.26. The van der Waals surface area contributed by atoms with Crippen molar-refractivity contribution >= 4 is 12.0 Å². The van der Waals surface area contributed by atoms with Crippen molar-refractivity contribution in [3.05, 3.63) is 0 Å². The Balaban J connectivity index is 2.44. The predicted octanol–water partition coefficient (Wildman–Crippen LogP) is 2.71. The third-order valence-corrected chi connectivity index (χ3v) is 4.43. The van der Waals surface area contributed by atoms with E-state index in [2.05, 4.69) is 12.2 Å². The van der Waals surface area contributed by atoms with Crippen molar-refractivity contribution in [1.29, 1.82) is 0 Å². The number of amides is 2. The minimum Gasteiger partial charge on any atom is -0.481 e. The largest absolute Gasteiger partial charge is 0.481 e. The standard InChI is InChI=1S/C15H28N2O3/c1-4-7-11(2)17(3)15(20)16-10-12-8-5-6-9-13(12)14(18)19/h11-13H,4-10H2,1-3H3,(H,16,20)(H,18,19). The van der Waals surface area contributed by atoms with Crippen molar-refractivity contribution in [2.24, 2.45) is 11.8 Å². The summed E-state index contributed by atoms with van der Waals surface area (Å²) in [6, 6.07) is 0.113. The summed E-state index contributed by atoms with van der Waals surface area (Å²) in [7, 11) is 1.80. The summed E-state index contributed by atoms with van der Waals surface area (Å²) in [5.41, 5.74) is 0. The first-order valence-corrected chi connectivity index (χ1v) is 7.70. The summed E-state index contributed by atoms with van der Waals surface area (Å²) in [5.74, 6) is -0.959. The molecule has 0 bridgehead atoms. The highest BCUT2D eigenvalue weighted by atomic mass is 16.4. The molecule has 3 atom stereocenters. The van der Waals surface area contributed by atoms with Crippen molar-refractivity contribution < 1.29 is 14.7 Å². The fourth-order valence-electron chi connectivity index (χ4n) is 2.93. The Morgan fingerprint density at radius 2 is 2.00 bits per heavy atom. The number of rotatable bonds is 6. The molecule has 2 N–H and O–H groups in total. The number of carbonyl (C=O) groups is 2. The molecule has 1 saturated carbocycles. The van der Waals surface area contributed by atoms with Gasteiger partial charge in [0.1, 0.15) is 0 Å². The summed E-state index contributed by atoms with van der Waals surface area (Å²) in [6.07, 6.45) is 5.69. The average molecular weight is 284 g/mol. The summed E-state index contributed by atoms with van der Waals surface area (Å²) >= 11 is 0. The molecule has 2 amide bonds. The number of carboxylic acid groups (broad SMARTS) is 1. The van der Waals surface area contributed by atoms with Gasteiger partial charge in [-0.25, -0.2) is 4.79 Å². The average Bonchev–Trinajstić information content (AvgIpc) is 2.44. The normalized spacial score (nSPS) is 23.9. The van der Waals surface area contributed by atoms with E-state index in [9.17, 15) is 14.7 Å². The number of carboxylic acids is 1. The molecule has 0 aliphatic heterocycles. The molecular formula is C15H28N2O3. The van der Waals surface area contributed by atoms with E-state index in [4.69, 9.17) is 0 Å². The van der Waals surface area contributed by atoms with Gasteiger partial charge in [-0.15, -0.1) is 0 Å². The number of hydrogen-bond acceptors (Lipinski definition) is 2. The van der Waals surface area contributed by atoms with Crippen molar-refractivity contribution in [3.8, 4) is 0 Å². The fourth-order valence-corrected chi connectivity index (χ4v) is 2.93. The van der Waals surface area contributed by atoms with Crippen molar-refractivity contribution in [2.45, 2.75) is 58.4 Å². The topological polar surface area (TPSA) is 69.6 Å². The zero-order valence-electron chi connectivity index (χ0n) is 12.9. The molecule has 0 aromatic carbocycles. The Bertz CT molecular complexity index is 333. The Morgan fingerprint density at radius 1 is 1.35 bits per heavy atom. The molecule has 0 aromatic heterocycles. The lowest BCUT2D eigenvalue weighted by atomic mass is 9.79. The SMILES string of the molecule is CCCC(C)N(C)C(=O)NCC1CCCCC1C(=O)O. The molecule has 0 radical (unpaired) electrons. The molecule has 0 saturated heterocycles. The lowest BCUT2D eigenvalue weighted by Crippen LogP contribution is -2.45. The van der Waals surface area contributed by atoms with Crippen LogP contribution in [0.2, 0.25) is 0 Å². The first-order valence-electron chi connectivity index (χ1n) is 7.70. The first-order chi connectivity index (χ1) is 9.47. The second kappa shape index (κ2) is 8.12. The van der Waals surface area contributed by atoms with Gasteiger partial charge in [0.25, 0.3) is 0 Å². The van der Waals surface area contributed by atoms with Crippen LogP contribution in [0.4, 0.5) is 4.79 Å². The summed E-state index contributed by atoms with van der Waals surface area (Å²) in [4.78, 5) is 25.0. The van der Waals surface area contributed by atoms with Crippen LogP contribution in [-0.4, -0.2) is 41.6 Å². The summed E-state index contributed by atoms with van der Waals surface area (Å²) in [6.45, 7) is 4.60. The van der Waals surface area contributed by atoms with Gasteiger partial charge in [-0.2, -0.15) is 0 Å². The van der Waals surface area contributed by atoms with Crippen LogP contribution in [-0.2, 0) is 4.79 Å². The summed E-state index contributed by atoms with van der Waals surface area (Å²) < 4.78 is 0. The molecule has 1 rings (SSSR count). The molecule has 0 heterocycles. The van der Waals surface area contributed by atoms with E-state index in [1.807, 2.05) is 6.92 Å². The maximum Gasteiger partial charge on any atom is 0.317 e. The van der Waals surface area contributed by atoms with Crippen molar-refractivity contribution in [3.63, 3.8) is 0 Å². The van der Waals surface area contributed by atoms with E-state index >= 15 is 0 Å². The molecule has 5 nitrogen and oxygen atoms in total. The van der Waals surface area contributed by atoms with Crippen LogP contribution in [0.1, 0.15) is 52.4 Å². The molecule has 0 aromatic rings. The number of carbonyl (C=O) groups excluding carboxylic acids is 1. The highest BCUT2D eigenvalue weighted by molar-refractivity contribution is 5.74. The maximum absolute atomic E-state index is 12.0.